The lowest BCUT2D eigenvalue weighted by atomic mass is 9.92. The molecular weight excluding hydrogens is 280 g/mol. The highest BCUT2D eigenvalue weighted by Crippen LogP contribution is 2.37. The molecule has 4 heteroatoms. The van der Waals surface area contributed by atoms with Crippen LogP contribution in [-0.4, -0.2) is 12.4 Å². The van der Waals surface area contributed by atoms with Crippen molar-refractivity contribution in [3.05, 3.63) is 51.7 Å². The van der Waals surface area contributed by atoms with Gasteiger partial charge < -0.3 is 4.74 Å². The van der Waals surface area contributed by atoms with E-state index in [0.29, 0.717) is 0 Å². The zero-order valence-corrected chi connectivity index (χ0v) is 12.4. The molecule has 0 aliphatic rings. The lowest BCUT2D eigenvalue weighted by Gasteiger charge is -2.18. The largest absolute Gasteiger partial charge is 0.496 e. The van der Waals surface area contributed by atoms with E-state index >= 15 is 0 Å². The number of carbonyl (C=O) groups is 1. The van der Waals surface area contributed by atoms with Gasteiger partial charge >= 0.3 is 0 Å². The maximum Gasteiger partial charge on any atom is 0.222 e. The van der Waals surface area contributed by atoms with Crippen molar-refractivity contribution in [1.82, 2.24) is 0 Å². The second-order valence-corrected chi connectivity index (χ2v) is 5.77. The number of benzene rings is 1. The Balaban J connectivity index is 2.48. The molecule has 2 nitrogen and oxygen atoms in total. The van der Waals surface area contributed by atoms with Gasteiger partial charge in [-0.1, -0.05) is 23.8 Å². The summed E-state index contributed by atoms with van der Waals surface area (Å²) in [6, 6.07) is 9.99. The molecule has 2 rings (SSSR count). The van der Waals surface area contributed by atoms with E-state index < -0.39 is 0 Å². The Morgan fingerprint density at radius 1 is 1.42 bits per heavy atom. The van der Waals surface area contributed by atoms with Gasteiger partial charge in [0.15, 0.2) is 0 Å². The van der Waals surface area contributed by atoms with Crippen LogP contribution in [0.15, 0.2) is 35.7 Å². The molecule has 1 atom stereocenters. The van der Waals surface area contributed by atoms with Gasteiger partial charge in [0.05, 0.1) is 7.11 Å². The van der Waals surface area contributed by atoms with E-state index in [-0.39, 0.29) is 17.6 Å². The second kappa shape index (κ2) is 6.22. The fourth-order valence-electron chi connectivity index (χ4n) is 2.14. The molecule has 0 saturated heterocycles. The van der Waals surface area contributed by atoms with Crippen molar-refractivity contribution in [3.63, 3.8) is 0 Å². The summed E-state index contributed by atoms with van der Waals surface area (Å²) in [5, 5.41) is 1.67. The lowest BCUT2D eigenvalue weighted by Crippen LogP contribution is -2.06. The van der Waals surface area contributed by atoms with E-state index in [2.05, 4.69) is 6.07 Å². The highest BCUT2D eigenvalue weighted by atomic mass is 35.5. The number of hydrogen-bond acceptors (Lipinski definition) is 3. The van der Waals surface area contributed by atoms with Gasteiger partial charge in [-0.15, -0.1) is 11.3 Å². The molecule has 0 saturated carbocycles. The summed E-state index contributed by atoms with van der Waals surface area (Å²) in [6.45, 7) is 2.02. The molecule has 0 amide bonds. The third-order valence-corrected chi connectivity index (χ3v) is 4.15. The van der Waals surface area contributed by atoms with Gasteiger partial charge in [0.25, 0.3) is 0 Å². The van der Waals surface area contributed by atoms with Crippen LogP contribution in [0.5, 0.6) is 5.75 Å². The maximum atomic E-state index is 11.3. The Morgan fingerprint density at radius 2 is 2.21 bits per heavy atom. The van der Waals surface area contributed by atoms with Crippen molar-refractivity contribution in [3.8, 4) is 5.75 Å². The first-order valence-corrected chi connectivity index (χ1v) is 7.24. The van der Waals surface area contributed by atoms with Crippen molar-refractivity contribution in [1.29, 1.82) is 0 Å². The summed E-state index contributed by atoms with van der Waals surface area (Å²) in [6.07, 6.45) is 0.280. The van der Waals surface area contributed by atoms with Gasteiger partial charge in [-0.25, -0.2) is 0 Å². The zero-order valence-electron chi connectivity index (χ0n) is 10.9. The average molecular weight is 295 g/mol. The predicted molar refractivity (Wildman–Crippen MR) is 79.4 cm³/mol. The Hall–Kier alpha value is -1.32. The Morgan fingerprint density at radius 3 is 2.79 bits per heavy atom. The Bertz CT molecular complexity index is 564. The normalized spacial score (nSPS) is 12.2. The quantitative estimate of drug-likeness (QED) is 0.766. The van der Waals surface area contributed by atoms with Crippen LogP contribution in [-0.2, 0) is 4.79 Å². The first-order valence-electron chi connectivity index (χ1n) is 5.98. The van der Waals surface area contributed by atoms with Crippen molar-refractivity contribution in [2.24, 2.45) is 0 Å². The smallest absolute Gasteiger partial charge is 0.222 e. The number of ether oxygens (including phenoxy) is 1. The average Bonchev–Trinajstić information content (AvgIpc) is 2.89. The summed E-state index contributed by atoms with van der Waals surface area (Å²) in [5.74, 6) is 0.752. The molecule has 1 aromatic heterocycles. The first-order chi connectivity index (χ1) is 9.11. The predicted octanol–water partition coefficient (Wildman–Crippen LogP) is 4.35. The van der Waals surface area contributed by atoms with Crippen LogP contribution >= 0.6 is 22.9 Å². The molecule has 0 bridgehead atoms. The maximum absolute atomic E-state index is 11.3. The number of hydrogen-bond donors (Lipinski definition) is 0. The van der Waals surface area contributed by atoms with E-state index in [9.17, 15) is 4.79 Å². The van der Waals surface area contributed by atoms with Gasteiger partial charge in [-0.2, -0.15) is 0 Å². The number of thiophene rings is 1. The van der Waals surface area contributed by atoms with E-state index in [4.69, 9.17) is 16.3 Å². The standard InChI is InChI=1S/C15H15ClO2S/c1-10-5-6-13(18-2)11(8-10)12(9-15(16)17)14-4-3-7-19-14/h3-8,12H,9H2,1-2H3. The Labute approximate surface area is 122 Å². The van der Waals surface area contributed by atoms with Gasteiger partial charge in [0.1, 0.15) is 5.75 Å². The fourth-order valence-corrected chi connectivity index (χ4v) is 3.14. The van der Waals surface area contributed by atoms with Crippen LogP contribution in [0.25, 0.3) is 0 Å². The van der Waals surface area contributed by atoms with E-state index in [1.54, 1.807) is 18.4 Å². The summed E-state index contributed by atoms with van der Waals surface area (Å²) < 4.78 is 5.41. The number of carbonyl (C=O) groups excluding carboxylic acids is 1. The minimum Gasteiger partial charge on any atom is -0.496 e. The molecule has 0 aliphatic heterocycles. The highest BCUT2D eigenvalue weighted by Gasteiger charge is 2.21. The van der Waals surface area contributed by atoms with Crippen molar-refractivity contribution in [2.45, 2.75) is 19.3 Å². The number of halogens is 1. The van der Waals surface area contributed by atoms with Crippen molar-refractivity contribution >= 4 is 28.2 Å². The molecule has 19 heavy (non-hydrogen) atoms. The van der Waals surface area contributed by atoms with Crippen LogP contribution in [0.4, 0.5) is 0 Å². The van der Waals surface area contributed by atoms with Gasteiger partial charge in [-0.3, -0.25) is 4.79 Å². The molecule has 0 radical (unpaired) electrons. The molecule has 0 N–H and O–H groups in total. The summed E-state index contributed by atoms with van der Waals surface area (Å²) in [4.78, 5) is 12.5. The van der Waals surface area contributed by atoms with Crippen LogP contribution < -0.4 is 4.74 Å². The summed E-state index contributed by atoms with van der Waals surface area (Å²) in [5.41, 5.74) is 2.15. The van der Waals surface area contributed by atoms with Gasteiger partial charge in [0, 0.05) is 22.8 Å². The molecule has 0 fully saturated rings. The molecule has 100 valence electrons. The molecule has 2 aromatic rings. The molecule has 0 aliphatic carbocycles. The summed E-state index contributed by atoms with van der Waals surface area (Å²) >= 11 is 7.23. The van der Waals surface area contributed by atoms with E-state index in [1.807, 2.05) is 36.6 Å². The number of aryl methyl sites for hydroxylation is 1. The van der Waals surface area contributed by atoms with Gasteiger partial charge in [-0.05, 0) is 36.0 Å². The highest BCUT2D eigenvalue weighted by molar-refractivity contribution is 7.10. The second-order valence-electron chi connectivity index (χ2n) is 4.37. The number of rotatable bonds is 5. The molecule has 0 spiro atoms. The zero-order chi connectivity index (χ0) is 13.8. The molecule has 1 aromatic carbocycles. The molecular formula is C15H15ClO2S. The van der Waals surface area contributed by atoms with Crippen LogP contribution in [0, 0.1) is 6.92 Å². The van der Waals surface area contributed by atoms with E-state index in [0.717, 1.165) is 21.8 Å². The third kappa shape index (κ3) is 3.37. The number of methoxy groups -OCH3 is 1. The third-order valence-electron chi connectivity index (χ3n) is 3.01. The van der Waals surface area contributed by atoms with Crippen molar-refractivity contribution in [2.75, 3.05) is 7.11 Å². The first kappa shape index (κ1) is 14.1. The molecule has 1 heterocycles. The lowest BCUT2D eigenvalue weighted by molar-refractivity contribution is -0.111. The summed E-state index contributed by atoms with van der Waals surface area (Å²) in [7, 11) is 1.64. The molecule has 1 unspecified atom stereocenters. The van der Waals surface area contributed by atoms with E-state index in [1.165, 1.54) is 0 Å². The van der Waals surface area contributed by atoms with Crippen LogP contribution in [0.1, 0.15) is 28.3 Å². The minimum absolute atomic E-state index is 0.0418. The van der Waals surface area contributed by atoms with Crippen LogP contribution in [0.3, 0.4) is 0 Å². The van der Waals surface area contributed by atoms with Gasteiger partial charge in [0.2, 0.25) is 5.24 Å². The fraction of sp³-hybridized carbons (Fsp3) is 0.267. The monoisotopic (exact) mass is 294 g/mol. The minimum atomic E-state index is -0.332. The van der Waals surface area contributed by atoms with Crippen LogP contribution in [0.2, 0.25) is 0 Å². The SMILES string of the molecule is COc1ccc(C)cc1C(CC(=O)Cl)c1cccs1. The Kier molecular flexibility index (Phi) is 4.61. The van der Waals surface area contributed by atoms with Crippen molar-refractivity contribution < 1.29 is 9.53 Å². The topological polar surface area (TPSA) is 26.3 Å².